The van der Waals surface area contributed by atoms with Crippen LogP contribution in [0.1, 0.15) is 20.3 Å². The van der Waals surface area contributed by atoms with Gasteiger partial charge in [-0.15, -0.1) is 0 Å². The van der Waals surface area contributed by atoms with Crippen molar-refractivity contribution in [2.45, 2.75) is 38.5 Å². The Morgan fingerprint density at radius 1 is 1.44 bits per heavy atom. The highest BCUT2D eigenvalue weighted by atomic mass is 16.4. The molecule has 6 nitrogen and oxygen atoms in total. The molecule has 1 saturated heterocycles. The van der Waals surface area contributed by atoms with E-state index < -0.39 is 18.1 Å². The second-order valence-electron chi connectivity index (χ2n) is 4.38. The standard InChI is InChI=1S/C10H18N2O4/c1-6(2)11(3)10(16)12-5-7(13)4-8(12)9(14)15/h6-8,13H,4-5H2,1-3H3,(H,14,15)/t7-,8-/m1/s1. The lowest BCUT2D eigenvalue weighted by Crippen LogP contribution is -2.48. The fraction of sp³-hybridized carbons (Fsp3) is 0.800. The monoisotopic (exact) mass is 230 g/mol. The number of β-amino-alcohol motifs (C(OH)–C–C–N with tert-alkyl or cyclic N) is 1. The zero-order valence-electron chi connectivity index (χ0n) is 9.75. The number of carboxylic acid groups (broad SMARTS) is 1. The van der Waals surface area contributed by atoms with Gasteiger partial charge in [0.25, 0.3) is 0 Å². The first-order valence-electron chi connectivity index (χ1n) is 5.29. The number of aliphatic carboxylic acids is 1. The second-order valence-corrected chi connectivity index (χ2v) is 4.38. The van der Waals surface area contributed by atoms with E-state index in [4.69, 9.17) is 5.11 Å². The first kappa shape index (κ1) is 12.8. The fourth-order valence-electron chi connectivity index (χ4n) is 1.68. The van der Waals surface area contributed by atoms with Crippen LogP contribution in [-0.4, -0.2) is 63.8 Å². The summed E-state index contributed by atoms with van der Waals surface area (Å²) in [6.45, 7) is 3.78. The van der Waals surface area contributed by atoms with Gasteiger partial charge in [-0.05, 0) is 13.8 Å². The van der Waals surface area contributed by atoms with Crippen molar-refractivity contribution in [3.8, 4) is 0 Å². The van der Waals surface area contributed by atoms with Crippen LogP contribution >= 0.6 is 0 Å². The lowest BCUT2D eigenvalue weighted by atomic mass is 10.2. The molecule has 0 spiro atoms. The summed E-state index contributed by atoms with van der Waals surface area (Å²) in [6, 6.07) is -1.26. The lowest BCUT2D eigenvalue weighted by Gasteiger charge is -2.29. The summed E-state index contributed by atoms with van der Waals surface area (Å²) in [7, 11) is 1.62. The van der Waals surface area contributed by atoms with Crippen molar-refractivity contribution in [2.24, 2.45) is 0 Å². The van der Waals surface area contributed by atoms with E-state index in [1.54, 1.807) is 7.05 Å². The van der Waals surface area contributed by atoms with Gasteiger partial charge in [0.2, 0.25) is 0 Å². The molecule has 1 aliphatic rings. The van der Waals surface area contributed by atoms with Gasteiger partial charge in [0, 0.05) is 26.1 Å². The number of carboxylic acids is 1. The molecular formula is C10H18N2O4. The van der Waals surface area contributed by atoms with E-state index in [1.165, 1.54) is 9.80 Å². The normalized spacial score (nSPS) is 24.9. The third-order valence-electron chi connectivity index (χ3n) is 2.89. The molecule has 0 unspecified atom stereocenters. The summed E-state index contributed by atoms with van der Waals surface area (Å²) in [5.74, 6) is -1.07. The van der Waals surface area contributed by atoms with E-state index in [0.717, 1.165) is 0 Å². The van der Waals surface area contributed by atoms with E-state index in [9.17, 15) is 14.7 Å². The highest BCUT2D eigenvalue weighted by molar-refractivity contribution is 5.83. The molecule has 0 aromatic heterocycles. The van der Waals surface area contributed by atoms with Crippen LogP contribution in [0.4, 0.5) is 4.79 Å². The molecule has 0 radical (unpaired) electrons. The van der Waals surface area contributed by atoms with Crippen molar-refractivity contribution in [3.05, 3.63) is 0 Å². The molecule has 16 heavy (non-hydrogen) atoms. The van der Waals surface area contributed by atoms with Crippen LogP contribution in [0.25, 0.3) is 0 Å². The predicted molar refractivity (Wildman–Crippen MR) is 57.0 cm³/mol. The van der Waals surface area contributed by atoms with Crippen molar-refractivity contribution in [3.63, 3.8) is 0 Å². The summed E-state index contributed by atoms with van der Waals surface area (Å²) in [6.07, 6.45) is -0.641. The van der Waals surface area contributed by atoms with E-state index in [-0.39, 0.29) is 25.0 Å². The van der Waals surface area contributed by atoms with E-state index in [1.807, 2.05) is 13.8 Å². The molecule has 0 aliphatic carbocycles. The van der Waals surface area contributed by atoms with Crippen molar-refractivity contribution >= 4 is 12.0 Å². The number of aliphatic hydroxyl groups is 1. The number of carbonyl (C=O) groups excluding carboxylic acids is 1. The van der Waals surface area contributed by atoms with Gasteiger partial charge in [0.05, 0.1) is 6.10 Å². The van der Waals surface area contributed by atoms with Gasteiger partial charge in [0.15, 0.2) is 0 Å². The minimum absolute atomic E-state index is 0.000289. The van der Waals surface area contributed by atoms with Crippen molar-refractivity contribution in [1.82, 2.24) is 9.80 Å². The van der Waals surface area contributed by atoms with E-state index in [2.05, 4.69) is 0 Å². The third kappa shape index (κ3) is 2.44. The van der Waals surface area contributed by atoms with Crippen LogP contribution in [0.5, 0.6) is 0 Å². The summed E-state index contributed by atoms with van der Waals surface area (Å²) in [5, 5.41) is 18.4. The van der Waals surface area contributed by atoms with Crippen molar-refractivity contribution < 1.29 is 19.8 Å². The topological polar surface area (TPSA) is 81.1 Å². The number of hydrogen-bond acceptors (Lipinski definition) is 3. The Labute approximate surface area is 94.4 Å². The molecule has 0 aromatic rings. The molecule has 0 saturated carbocycles. The van der Waals surface area contributed by atoms with Crippen LogP contribution in [0.15, 0.2) is 0 Å². The molecule has 2 atom stereocenters. The summed E-state index contributed by atoms with van der Waals surface area (Å²) in [4.78, 5) is 25.5. The van der Waals surface area contributed by atoms with Gasteiger partial charge in [0.1, 0.15) is 6.04 Å². The average Bonchev–Trinajstić information content (AvgIpc) is 2.58. The number of aliphatic hydroxyl groups excluding tert-OH is 1. The largest absolute Gasteiger partial charge is 0.480 e. The fourth-order valence-corrected chi connectivity index (χ4v) is 1.68. The van der Waals surface area contributed by atoms with Gasteiger partial charge < -0.3 is 20.0 Å². The Morgan fingerprint density at radius 3 is 2.44 bits per heavy atom. The van der Waals surface area contributed by atoms with Crippen molar-refractivity contribution in [2.75, 3.05) is 13.6 Å². The quantitative estimate of drug-likeness (QED) is 0.697. The third-order valence-corrected chi connectivity index (χ3v) is 2.89. The van der Waals surface area contributed by atoms with Crippen LogP contribution in [-0.2, 0) is 4.79 Å². The minimum atomic E-state index is -1.07. The number of carbonyl (C=O) groups is 2. The average molecular weight is 230 g/mol. The number of rotatable bonds is 2. The Hall–Kier alpha value is -1.30. The maximum Gasteiger partial charge on any atom is 0.326 e. The summed E-state index contributed by atoms with van der Waals surface area (Å²) in [5.41, 5.74) is 0. The van der Waals surface area contributed by atoms with Crippen LogP contribution in [0, 0.1) is 0 Å². The summed E-state index contributed by atoms with van der Waals surface area (Å²) < 4.78 is 0. The first-order valence-corrected chi connectivity index (χ1v) is 5.29. The Bertz CT molecular complexity index is 293. The lowest BCUT2D eigenvalue weighted by molar-refractivity contribution is -0.141. The van der Waals surface area contributed by atoms with Crippen molar-refractivity contribution in [1.29, 1.82) is 0 Å². The second kappa shape index (κ2) is 4.69. The number of hydrogen-bond donors (Lipinski definition) is 2. The zero-order chi connectivity index (χ0) is 12.5. The zero-order valence-corrected chi connectivity index (χ0v) is 9.75. The number of urea groups is 1. The smallest absolute Gasteiger partial charge is 0.326 e. The maximum absolute atomic E-state index is 11.9. The van der Waals surface area contributed by atoms with Gasteiger partial charge in [-0.3, -0.25) is 0 Å². The molecule has 1 fully saturated rings. The molecule has 92 valence electrons. The number of likely N-dealkylation sites (tertiary alicyclic amines) is 1. The number of nitrogens with zero attached hydrogens (tertiary/aromatic N) is 2. The van der Waals surface area contributed by atoms with Gasteiger partial charge in [-0.1, -0.05) is 0 Å². The Morgan fingerprint density at radius 2 is 2.00 bits per heavy atom. The minimum Gasteiger partial charge on any atom is -0.480 e. The number of amides is 2. The molecule has 0 bridgehead atoms. The molecule has 6 heteroatoms. The van der Waals surface area contributed by atoms with Gasteiger partial charge in [-0.25, -0.2) is 9.59 Å². The SMILES string of the molecule is CC(C)N(C)C(=O)N1C[C@H](O)C[C@@H]1C(=O)O. The highest BCUT2D eigenvalue weighted by Gasteiger charge is 2.40. The molecule has 2 amide bonds. The Balaban J connectivity index is 2.78. The predicted octanol–water partition coefficient (Wildman–Crippen LogP) is -0.0336. The molecule has 0 aromatic carbocycles. The van der Waals surface area contributed by atoms with Crippen LogP contribution in [0.2, 0.25) is 0 Å². The molecule has 2 N–H and O–H groups in total. The Kier molecular flexibility index (Phi) is 3.74. The van der Waals surface area contributed by atoms with Gasteiger partial charge >= 0.3 is 12.0 Å². The van der Waals surface area contributed by atoms with E-state index >= 15 is 0 Å². The summed E-state index contributed by atoms with van der Waals surface area (Å²) >= 11 is 0. The van der Waals surface area contributed by atoms with E-state index in [0.29, 0.717) is 0 Å². The first-order chi connectivity index (χ1) is 7.34. The molecule has 1 aliphatic heterocycles. The molecule has 1 heterocycles. The molecular weight excluding hydrogens is 212 g/mol. The highest BCUT2D eigenvalue weighted by Crippen LogP contribution is 2.20. The van der Waals surface area contributed by atoms with Crippen LogP contribution in [0.3, 0.4) is 0 Å². The van der Waals surface area contributed by atoms with Crippen LogP contribution < -0.4 is 0 Å². The van der Waals surface area contributed by atoms with Gasteiger partial charge in [-0.2, -0.15) is 0 Å². The molecule has 1 rings (SSSR count). The maximum atomic E-state index is 11.9.